The number of hydrogen-bond donors (Lipinski definition) is 3. The Labute approximate surface area is 109 Å². The van der Waals surface area contributed by atoms with Gasteiger partial charge in [0.15, 0.2) is 6.23 Å². The van der Waals surface area contributed by atoms with Crippen LogP contribution in [0, 0.1) is 0 Å². The van der Waals surface area contributed by atoms with Crippen molar-refractivity contribution < 1.29 is 14.9 Å². The third-order valence-corrected chi connectivity index (χ3v) is 2.64. The maximum Gasteiger partial charge on any atom is 0.351 e. The summed E-state index contributed by atoms with van der Waals surface area (Å²) in [5.74, 6) is 0.106. The molecule has 8 heteroatoms. The first-order valence-electron chi connectivity index (χ1n) is 5.02. The number of rotatable bonds is 2. The second kappa shape index (κ2) is 5.49. The smallest absolute Gasteiger partial charge is 0.351 e. The highest BCUT2D eigenvalue weighted by Crippen LogP contribution is 2.31. The zero-order valence-electron chi connectivity index (χ0n) is 9.39. The van der Waals surface area contributed by atoms with Crippen molar-refractivity contribution in [1.29, 1.82) is 0 Å². The summed E-state index contributed by atoms with van der Waals surface area (Å²) in [5, 5.41) is 18.7. The van der Waals surface area contributed by atoms with E-state index in [1.807, 2.05) is 0 Å². The first-order chi connectivity index (χ1) is 8.04. The Balaban J connectivity index is 0.00000162. The van der Waals surface area contributed by atoms with Crippen LogP contribution in [0.3, 0.4) is 0 Å². The van der Waals surface area contributed by atoms with Crippen molar-refractivity contribution in [3.8, 4) is 0 Å². The van der Waals surface area contributed by atoms with Gasteiger partial charge in [-0.15, -0.1) is 12.4 Å². The molecule has 1 saturated heterocycles. The van der Waals surface area contributed by atoms with Crippen LogP contribution < -0.4 is 11.4 Å². The molecule has 0 bridgehead atoms. The number of halogens is 1. The van der Waals surface area contributed by atoms with E-state index >= 15 is 0 Å². The number of ether oxygens (including phenoxy) is 1. The van der Waals surface area contributed by atoms with Gasteiger partial charge in [-0.1, -0.05) is 6.58 Å². The van der Waals surface area contributed by atoms with Crippen LogP contribution in [0.2, 0.25) is 0 Å². The van der Waals surface area contributed by atoms with E-state index in [1.165, 1.54) is 12.3 Å². The van der Waals surface area contributed by atoms with Crippen LogP contribution in [0.5, 0.6) is 0 Å². The van der Waals surface area contributed by atoms with Crippen molar-refractivity contribution in [2.45, 2.75) is 18.4 Å². The fraction of sp³-hybridized carbons (Fsp3) is 0.400. The van der Waals surface area contributed by atoms with Gasteiger partial charge in [-0.25, -0.2) is 4.79 Å². The molecule has 2 heterocycles. The van der Waals surface area contributed by atoms with Crippen molar-refractivity contribution in [1.82, 2.24) is 9.55 Å². The van der Waals surface area contributed by atoms with E-state index in [2.05, 4.69) is 11.6 Å². The predicted molar refractivity (Wildman–Crippen MR) is 66.3 cm³/mol. The van der Waals surface area contributed by atoms with E-state index in [4.69, 9.17) is 15.6 Å². The van der Waals surface area contributed by atoms with Gasteiger partial charge in [0.1, 0.15) is 18.0 Å². The Morgan fingerprint density at radius 3 is 2.78 bits per heavy atom. The van der Waals surface area contributed by atoms with Gasteiger partial charge >= 0.3 is 5.69 Å². The maximum absolute atomic E-state index is 11.6. The standard InChI is InChI=1S/C10H13N3O4.ClH/c1-5-8(15)6(4-14)17-9(5)13-3-2-7(11)12-10(13)16;/h2-3,6,8-9,14-15H,1,4H2,(H2,11,12,16);1H. The number of nitrogens with zero attached hydrogens (tertiary/aromatic N) is 2. The molecule has 2 rings (SSSR count). The second-order valence-electron chi connectivity index (χ2n) is 3.77. The van der Waals surface area contributed by atoms with Crippen LogP contribution >= 0.6 is 12.4 Å². The van der Waals surface area contributed by atoms with Crippen LogP contribution in [0.1, 0.15) is 6.23 Å². The molecule has 0 amide bonds. The van der Waals surface area contributed by atoms with Crippen LogP contribution in [0.25, 0.3) is 0 Å². The van der Waals surface area contributed by atoms with Crippen LogP contribution in [0.4, 0.5) is 5.82 Å². The molecule has 0 saturated carbocycles. The van der Waals surface area contributed by atoms with Crippen LogP contribution in [-0.2, 0) is 4.74 Å². The molecule has 0 aromatic carbocycles. The lowest BCUT2D eigenvalue weighted by atomic mass is 10.1. The summed E-state index contributed by atoms with van der Waals surface area (Å²) < 4.78 is 6.49. The van der Waals surface area contributed by atoms with Gasteiger partial charge in [-0.2, -0.15) is 4.98 Å². The van der Waals surface area contributed by atoms with Gasteiger partial charge in [0.2, 0.25) is 0 Å². The van der Waals surface area contributed by atoms with E-state index < -0.39 is 24.1 Å². The van der Waals surface area contributed by atoms with Crippen LogP contribution in [0.15, 0.2) is 29.2 Å². The monoisotopic (exact) mass is 275 g/mol. The number of hydrogen-bond acceptors (Lipinski definition) is 6. The third-order valence-electron chi connectivity index (χ3n) is 2.64. The number of aliphatic hydroxyl groups excluding tert-OH is 2. The molecular formula is C10H14ClN3O4. The SMILES string of the molecule is C=C1C(O)C(CO)OC1n1ccc(N)nc1=O.Cl. The van der Waals surface area contributed by atoms with Gasteiger partial charge in [0.25, 0.3) is 0 Å². The minimum absolute atomic E-state index is 0. The second-order valence-corrected chi connectivity index (χ2v) is 3.77. The summed E-state index contributed by atoms with van der Waals surface area (Å²) in [6, 6.07) is 1.44. The highest BCUT2D eigenvalue weighted by molar-refractivity contribution is 5.85. The molecule has 4 N–H and O–H groups in total. The molecule has 100 valence electrons. The Kier molecular flexibility index (Phi) is 4.47. The maximum atomic E-state index is 11.6. The van der Waals surface area contributed by atoms with Gasteiger partial charge in [-0.3, -0.25) is 4.57 Å². The lowest BCUT2D eigenvalue weighted by molar-refractivity contribution is -0.0447. The number of aromatic nitrogens is 2. The third kappa shape index (κ3) is 2.39. The largest absolute Gasteiger partial charge is 0.394 e. The molecule has 0 aliphatic carbocycles. The fourth-order valence-corrected chi connectivity index (χ4v) is 1.70. The Hall–Kier alpha value is -1.41. The van der Waals surface area contributed by atoms with Gasteiger partial charge < -0.3 is 20.7 Å². The summed E-state index contributed by atoms with van der Waals surface area (Å²) in [4.78, 5) is 15.1. The fourth-order valence-electron chi connectivity index (χ4n) is 1.70. The summed E-state index contributed by atoms with van der Waals surface area (Å²) in [5.41, 5.74) is 5.07. The first-order valence-corrected chi connectivity index (χ1v) is 5.02. The Morgan fingerprint density at radius 2 is 2.28 bits per heavy atom. The lowest BCUT2D eigenvalue weighted by Gasteiger charge is -2.14. The molecule has 1 aromatic rings. The van der Waals surface area contributed by atoms with Crippen molar-refractivity contribution in [3.63, 3.8) is 0 Å². The summed E-state index contributed by atoms with van der Waals surface area (Å²) in [7, 11) is 0. The number of nitrogen functional groups attached to an aromatic ring is 1. The lowest BCUT2D eigenvalue weighted by Crippen LogP contribution is -2.28. The molecule has 3 unspecified atom stereocenters. The predicted octanol–water partition coefficient (Wildman–Crippen LogP) is -0.946. The van der Waals surface area contributed by atoms with Crippen LogP contribution in [-0.4, -0.2) is 38.6 Å². The number of aliphatic hydroxyl groups is 2. The number of anilines is 1. The van der Waals surface area contributed by atoms with E-state index in [0.717, 1.165) is 4.57 Å². The normalized spacial score (nSPS) is 27.0. The average molecular weight is 276 g/mol. The zero-order chi connectivity index (χ0) is 12.6. The van der Waals surface area contributed by atoms with Crippen molar-refractivity contribution in [2.24, 2.45) is 0 Å². The number of nitrogens with two attached hydrogens (primary N) is 1. The molecule has 1 aromatic heterocycles. The van der Waals surface area contributed by atoms with Crippen molar-refractivity contribution in [3.05, 3.63) is 34.9 Å². The topological polar surface area (TPSA) is 111 Å². The Morgan fingerprint density at radius 1 is 1.61 bits per heavy atom. The molecule has 1 aliphatic rings. The molecule has 18 heavy (non-hydrogen) atoms. The molecule has 3 atom stereocenters. The minimum Gasteiger partial charge on any atom is -0.394 e. The summed E-state index contributed by atoms with van der Waals surface area (Å²) in [6.07, 6.45) is -1.21. The molecule has 0 spiro atoms. The highest BCUT2D eigenvalue weighted by Gasteiger charge is 2.38. The summed E-state index contributed by atoms with van der Waals surface area (Å²) >= 11 is 0. The quantitative estimate of drug-likeness (QED) is 0.601. The van der Waals surface area contributed by atoms with E-state index in [-0.39, 0.29) is 24.8 Å². The van der Waals surface area contributed by atoms with E-state index in [9.17, 15) is 9.90 Å². The molecular weight excluding hydrogens is 262 g/mol. The first kappa shape index (κ1) is 14.7. The molecule has 0 radical (unpaired) electrons. The molecule has 7 nitrogen and oxygen atoms in total. The molecule has 1 fully saturated rings. The van der Waals surface area contributed by atoms with Gasteiger partial charge in [0.05, 0.1) is 6.61 Å². The van der Waals surface area contributed by atoms with Crippen molar-refractivity contribution in [2.75, 3.05) is 12.3 Å². The van der Waals surface area contributed by atoms with Crippen molar-refractivity contribution >= 4 is 18.2 Å². The van der Waals surface area contributed by atoms with Gasteiger partial charge in [0, 0.05) is 11.8 Å². The molecule has 1 aliphatic heterocycles. The van der Waals surface area contributed by atoms with Gasteiger partial charge in [-0.05, 0) is 6.07 Å². The Bertz CT molecular complexity index is 504. The highest BCUT2D eigenvalue weighted by atomic mass is 35.5. The van der Waals surface area contributed by atoms with E-state index in [0.29, 0.717) is 5.57 Å². The summed E-state index contributed by atoms with van der Waals surface area (Å²) in [6.45, 7) is 3.30. The van der Waals surface area contributed by atoms with E-state index in [1.54, 1.807) is 0 Å². The average Bonchev–Trinajstić information content (AvgIpc) is 2.57. The zero-order valence-corrected chi connectivity index (χ0v) is 10.2. The minimum atomic E-state index is -1.01.